The summed E-state index contributed by atoms with van der Waals surface area (Å²) < 4.78 is 5.65. The Balaban J connectivity index is 2.04. The van der Waals surface area contributed by atoms with Gasteiger partial charge in [-0.05, 0) is 24.8 Å². The molecule has 0 saturated heterocycles. The lowest BCUT2D eigenvalue weighted by atomic mass is 9.92. The molecule has 1 fully saturated rings. The van der Waals surface area contributed by atoms with E-state index < -0.39 is 0 Å². The van der Waals surface area contributed by atoms with Gasteiger partial charge in [-0.3, -0.25) is 0 Å². The van der Waals surface area contributed by atoms with Crippen molar-refractivity contribution in [2.75, 3.05) is 6.61 Å². The Morgan fingerprint density at radius 1 is 1.33 bits per heavy atom. The van der Waals surface area contributed by atoms with Gasteiger partial charge < -0.3 is 4.74 Å². The molecule has 2 heteroatoms. The van der Waals surface area contributed by atoms with Crippen LogP contribution in [0.3, 0.4) is 0 Å². The Bertz CT molecular complexity index is 337. The quantitative estimate of drug-likeness (QED) is 0.756. The highest BCUT2D eigenvalue weighted by Crippen LogP contribution is 2.29. The lowest BCUT2D eigenvalue weighted by Crippen LogP contribution is -2.14. The maximum absolute atomic E-state index is 5.65. The first-order valence-corrected chi connectivity index (χ1v) is 5.66. The number of rotatable bonds is 3. The highest BCUT2D eigenvalue weighted by molar-refractivity contribution is 5.20. The second-order valence-electron chi connectivity index (χ2n) is 5.37. The smallest absolute Gasteiger partial charge is 0.213 e. The predicted octanol–water partition coefficient (Wildman–Crippen LogP) is 3.17. The number of ether oxygens (including phenoxy) is 1. The fraction of sp³-hybridized carbons (Fsp3) is 0.615. The first kappa shape index (κ1) is 10.5. The summed E-state index contributed by atoms with van der Waals surface area (Å²) in [5, 5.41) is 0. The van der Waals surface area contributed by atoms with E-state index in [1.807, 2.05) is 12.1 Å². The van der Waals surface area contributed by atoms with Crippen molar-refractivity contribution >= 4 is 0 Å². The third-order valence-electron chi connectivity index (χ3n) is 2.66. The van der Waals surface area contributed by atoms with Gasteiger partial charge in [0.25, 0.3) is 0 Å². The molecule has 0 aliphatic heterocycles. The molecule has 0 bridgehead atoms. The Hall–Kier alpha value is -1.05. The van der Waals surface area contributed by atoms with Gasteiger partial charge in [0.05, 0.1) is 6.61 Å². The molecule has 0 N–H and O–H groups in total. The largest absolute Gasteiger partial charge is 0.477 e. The van der Waals surface area contributed by atoms with Gasteiger partial charge in [0, 0.05) is 17.2 Å². The summed E-state index contributed by atoms with van der Waals surface area (Å²) >= 11 is 0. The average Bonchev–Trinajstić information content (AvgIpc) is 2.97. The summed E-state index contributed by atoms with van der Waals surface area (Å²) in [7, 11) is 0. The lowest BCUT2D eigenvalue weighted by Gasteiger charge is -2.18. The molecule has 1 heterocycles. The van der Waals surface area contributed by atoms with Crippen molar-refractivity contribution in [1.29, 1.82) is 0 Å². The first-order chi connectivity index (χ1) is 7.05. The summed E-state index contributed by atoms with van der Waals surface area (Å²) in [5.41, 5.74) is 1.19. The second-order valence-corrected chi connectivity index (χ2v) is 5.37. The summed E-state index contributed by atoms with van der Waals surface area (Å²) in [4.78, 5) is 4.52. The first-order valence-electron chi connectivity index (χ1n) is 5.66. The van der Waals surface area contributed by atoms with Gasteiger partial charge in [0.2, 0.25) is 5.88 Å². The van der Waals surface area contributed by atoms with E-state index in [0.717, 1.165) is 24.1 Å². The molecule has 1 saturated carbocycles. The normalized spacial score (nSPS) is 16.5. The Morgan fingerprint density at radius 3 is 2.67 bits per heavy atom. The summed E-state index contributed by atoms with van der Waals surface area (Å²) in [5.74, 6) is 1.56. The van der Waals surface area contributed by atoms with Crippen LogP contribution in [0.2, 0.25) is 0 Å². The van der Waals surface area contributed by atoms with Gasteiger partial charge in [0.1, 0.15) is 0 Å². The van der Waals surface area contributed by atoms with E-state index in [1.54, 1.807) is 0 Å². The van der Waals surface area contributed by atoms with Crippen molar-refractivity contribution in [3.8, 4) is 5.88 Å². The SMILES string of the molecule is CC(C)(C)c1cccc(OCC2CC2)n1. The molecule has 0 unspecified atom stereocenters. The van der Waals surface area contributed by atoms with Crippen molar-refractivity contribution in [1.82, 2.24) is 4.98 Å². The van der Waals surface area contributed by atoms with Gasteiger partial charge in [-0.1, -0.05) is 26.8 Å². The van der Waals surface area contributed by atoms with Gasteiger partial charge in [-0.25, -0.2) is 4.98 Å². The fourth-order valence-corrected chi connectivity index (χ4v) is 1.40. The van der Waals surface area contributed by atoms with Gasteiger partial charge >= 0.3 is 0 Å². The summed E-state index contributed by atoms with van der Waals surface area (Å²) in [6.07, 6.45) is 2.64. The molecule has 15 heavy (non-hydrogen) atoms. The zero-order chi connectivity index (χ0) is 10.9. The Labute approximate surface area is 91.7 Å². The maximum Gasteiger partial charge on any atom is 0.213 e. The minimum absolute atomic E-state index is 0.0962. The molecule has 1 aliphatic carbocycles. The molecule has 0 aromatic carbocycles. The lowest BCUT2D eigenvalue weighted by molar-refractivity contribution is 0.286. The molecule has 2 rings (SSSR count). The van der Waals surface area contributed by atoms with E-state index in [1.165, 1.54) is 12.8 Å². The van der Waals surface area contributed by atoms with Gasteiger partial charge in [0.15, 0.2) is 0 Å². The number of aromatic nitrogens is 1. The topological polar surface area (TPSA) is 22.1 Å². The minimum atomic E-state index is 0.0962. The van der Waals surface area contributed by atoms with E-state index >= 15 is 0 Å². The number of hydrogen-bond acceptors (Lipinski definition) is 2. The maximum atomic E-state index is 5.65. The molecule has 2 nitrogen and oxygen atoms in total. The molecule has 1 aromatic heterocycles. The monoisotopic (exact) mass is 205 g/mol. The predicted molar refractivity (Wildman–Crippen MR) is 61.2 cm³/mol. The van der Waals surface area contributed by atoms with Crippen LogP contribution >= 0.6 is 0 Å². The summed E-state index contributed by atoms with van der Waals surface area (Å²) in [6.45, 7) is 7.33. The highest BCUT2D eigenvalue weighted by Gasteiger charge is 2.22. The molecular weight excluding hydrogens is 186 g/mol. The van der Waals surface area contributed by atoms with Crippen LogP contribution in [0.25, 0.3) is 0 Å². The third-order valence-corrected chi connectivity index (χ3v) is 2.66. The number of nitrogens with zero attached hydrogens (tertiary/aromatic N) is 1. The number of hydrogen-bond donors (Lipinski definition) is 0. The molecule has 0 spiro atoms. The Morgan fingerprint density at radius 2 is 2.07 bits per heavy atom. The van der Waals surface area contributed by atoms with Gasteiger partial charge in [-0.2, -0.15) is 0 Å². The molecule has 0 atom stereocenters. The van der Waals surface area contributed by atoms with Crippen LogP contribution < -0.4 is 4.74 Å². The zero-order valence-electron chi connectivity index (χ0n) is 9.79. The standard InChI is InChI=1S/C13H19NO/c1-13(2,3)11-5-4-6-12(14-11)15-9-10-7-8-10/h4-6,10H,7-9H2,1-3H3. The average molecular weight is 205 g/mol. The molecule has 1 aromatic rings. The van der Waals surface area contributed by atoms with Crippen LogP contribution in [0, 0.1) is 5.92 Å². The van der Waals surface area contributed by atoms with Gasteiger partial charge in [-0.15, -0.1) is 0 Å². The molecule has 1 aliphatic rings. The van der Waals surface area contributed by atoms with Crippen LogP contribution in [0.5, 0.6) is 5.88 Å². The molecule has 82 valence electrons. The highest BCUT2D eigenvalue weighted by atomic mass is 16.5. The molecule has 0 amide bonds. The second kappa shape index (κ2) is 3.84. The number of pyridine rings is 1. The van der Waals surface area contributed by atoms with Crippen LogP contribution in [0.4, 0.5) is 0 Å². The van der Waals surface area contributed by atoms with E-state index in [2.05, 4.69) is 31.8 Å². The summed E-state index contributed by atoms with van der Waals surface area (Å²) in [6, 6.07) is 6.03. The zero-order valence-corrected chi connectivity index (χ0v) is 9.79. The van der Waals surface area contributed by atoms with Crippen LogP contribution in [-0.4, -0.2) is 11.6 Å². The van der Waals surface area contributed by atoms with Crippen LogP contribution in [-0.2, 0) is 5.41 Å². The van der Waals surface area contributed by atoms with E-state index in [0.29, 0.717) is 0 Å². The fourth-order valence-electron chi connectivity index (χ4n) is 1.40. The third kappa shape index (κ3) is 2.95. The molecule has 0 radical (unpaired) electrons. The van der Waals surface area contributed by atoms with E-state index in [4.69, 9.17) is 4.74 Å². The Kier molecular flexibility index (Phi) is 2.68. The van der Waals surface area contributed by atoms with Crippen molar-refractivity contribution in [2.45, 2.75) is 39.0 Å². The molecular formula is C13H19NO. The van der Waals surface area contributed by atoms with E-state index in [9.17, 15) is 0 Å². The van der Waals surface area contributed by atoms with Crippen LogP contribution in [0.1, 0.15) is 39.3 Å². The van der Waals surface area contributed by atoms with Crippen molar-refractivity contribution in [3.05, 3.63) is 23.9 Å². The minimum Gasteiger partial charge on any atom is -0.477 e. The van der Waals surface area contributed by atoms with E-state index in [-0.39, 0.29) is 5.41 Å². The van der Waals surface area contributed by atoms with Crippen molar-refractivity contribution in [3.63, 3.8) is 0 Å². The van der Waals surface area contributed by atoms with Crippen LogP contribution in [0.15, 0.2) is 18.2 Å². The van der Waals surface area contributed by atoms with Crippen molar-refractivity contribution in [2.24, 2.45) is 5.92 Å². The van der Waals surface area contributed by atoms with Crippen molar-refractivity contribution < 1.29 is 4.74 Å².